The molecule has 0 aromatic heterocycles. The molecule has 23 heavy (non-hydrogen) atoms. The number of nitrogens with zero attached hydrogens (tertiary/aromatic N) is 1. The Morgan fingerprint density at radius 3 is 2.00 bits per heavy atom. The summed E-state index contributed by atoms with van der Waals surface area (Å²) in [5.41, 5.74) is 1.27. The lowest BCUT2D eigenvalue weighted by Crippen LogP contribution is -2.34. The first-order valence-corrected chi connectivity index (χ1v) is 8.86. The number of amides is 2. The van der Waals surface area contributed by atoms with Crippen molar-refractivity contribution in [1.82, 2.24) is 10.2 Å². The summed E-state index contributed by atoms with van der Waals surface area (Å²) < 4.78 is 0. The minimum absolute atomic E-state index is 0.0192. The molecule has 1 saturated carbocycles. The van der Waals surface area contributed by atoms with Gasteiger partial charge in [0, 0.05) is 30.3 Å². The highest BCUT2D eigenvalue weighted by atomic mass is 16.2. The lowest BCUT2D eigenvalue weighted by molar-refractivity contribution is 0.0772. The van der Waals surface area contributed by atoms with Gasteiger partial charge in [0.05, 0.1) is 0 Å². The van der Waals surface area contributed by atoms with Crippen LogP contribution < -0.4 is 5.32 Å². The number of carbonyl (C=O) groups excluding carboxylic acids is 2. The fourth-order valence-corrected chi connectivity index (χ4v) is 3.15. The third kappa shape index (κ3) is 4.81. The van der Waals surface area contributed by atoms with Crippen molar-refractivity contribution in [3.8, 4) is 0 Å². The Morgan fingerprint density at radius 1 is 0.957 bits per heavy atom. The van der Waals surface area contributed by atoms with Gasteiger partial charge in [-0.3, -0.25) is 9.59 Å². The van der Waals surface area contributed by atoms with Gasteiger partial charge in [-0.15, -0.1) is 0 Å². The van der Waals surface area contributed by atoms with E-state index in [0.29, 0.717) is 30.3 Å². The van der Waals surface area contributed by atoms with Crippen LogP contribution in [0.15, 0.2) is 24.3 Å². The van der Waals surface area contributed by atoms with Crippen molar-refractivity contribution in [2.75, 3.05) is 13.1 Å². The van der Waals surface area contributed by atoms with E-state index in [1.54, 1.807) is 29.2 Å². The molecule has 0 bridgehead atoms. The lowest BCUT2D eigenvalue weighted by atomic mass is 10.1. The van der Waals surface area contributed by atoms with Crippen LogP contribution in [0.1, 0.15) is 73.1 Å². The smallest absolute Gasteiger partial charge is 0.253 e. The van der Waals surface area contributed by atoms with E-state index < -0.39 is 0 Å². The van der Waals surface area contributed by atoms with Crippen LogP contribution in [0.4, 0.5) is 0 Å². The highest BCUT2D eigenvalue weighted by molar-refractivity contribution is 5.97. The Hall–Kier alpha value is -1.84. The number of hydrogen-bond acceptors (Lipinski definition) is 2. The molecule has 2 amide bonds. The van der Waals surface area contributed by atoms with Crippen molar-refractivity contribution < 1.29 is 9.59 Å². The number of rotatable bonds is 5. The topological polar surface area (TPSA) is 49.4 Å². The highest BCUT2D eigenvalue weighted by Gasteiger charge is 2.17. The Morgan fingerprint density at radius 2 is 1.48 bits per heavy atom. The molecule has 1 aromatic carbocycles. The summed E-state index contributed by atoms with van der Waals surface area (Å²) in [6.45, 7) is 5.32. The van der Waals surface area contributed by atoms with E-state index in [2.05, 4.69) is 5.32 Å². The molecule has 1 aromatic rings. The first kappa shape index (κ1) is 17.5. The van der Waals surface area contributed by atoms with Crippen LogP contribution >= 0.6 is 0 Å². The number of carbonyl (C=O) groups is 2. The standard InChI is InChI=1S/C19H28N2O2/c1-3-21(4-2)19(23)16-13-11-15(12-14-16)18(22)20-17-9-7-5-6-8-10-17/h11-14,17H,3-10H2,1-2H3,(H,20,22). The quantitative estimate of drug-likeness (QED) is 0.843. The second-order valence-electron chi connectivity index (χ2n) is 6.22. The minimum Gasteiger partial charge on any atom is -0.349 e. The van der Waals surface area contributed by atoms with E-state index in [-0.39, 0.29) is 11.8 Å². The van der Waals surface area contributed by atoms with Crippen LogP contribution in [0.25, 0.3) is 0 Å². The zero-order valence-corrected chi connectivity index (χ0v) is 14.3. The van der Waals surface area contributed by atoms with Gasteiger partial charge in [0.2, 0.25) is 0 Å². The van der Waals surface area contributed by atoms with Crippen LogP contribution in [0.3, 0.4) is 0 Å². The molecule has 4 heteroatoms. The van der Waals surface area contributed by atoms with Crippen molar-refractivity contribution in [3.05, 3.63) is 35.4 Å². The molecule has 0 radical (unpaired) electrons. The molecule has 1 aliphatic rings. The van der Waals surface area contributed by atoms with Gasteiger partial charge in [-0.2, -0.15) is 0 Å². The number of nitrogens with one attached hydrogen (secondary N) is 1. The molecule has 4 nitrogen and oxygen atoms in total. The van der Waals surface area contributed by atoms with Crippen molar-refractivity contribution in [1.29, 1.82) is 0 Å². The summed E-state index contributed by atoms with van der Waals surface area (Å²) in [7, 11) is 0. The summed E-state index contributed by atoms with van der Waals surface area (Å²) in [4.78, 5) is 26.4. The zero-order valence-electron chi connectivity index (χ0n) is 14.3. The van der Waals surface area contributed by atoms with Gasteiger partial charge in [0.15, 0.2) is 0 Å². The maximum absolute atomic E-state index is 12.3. The largest absolute Gasteiger partial charge is 0.349 e. The Bertz CT molecular complexity index is 513. The van der Waals surface area contributed by atoms with Gasteiger partial charge in [-0.05, 0) is 51.0 Å². The molecule has 0 unspecified atom stereocenters. The SMILES string of the molecule is CCN(CC)C(=O)c1ccc(C(=O)NC2CCCCCC2)cc1. The van der Waals surface area contributed by atoms with Crippen molar-refractivity contribution in [3.63, 3.8) is 0 Å². The van der Waals surface area contributed by atoms with E-state index >= 15 is 0 Å². The van der Waals surface area contributed by atoms with E-state index in [4.69, 9.17) is 0 Å². The van der Waals surface area contributed by atoms with Gasteiger partial charge in [0.25, 0.3) is 11.8 Å². The summed E-state index contributed by atoms with van der Waals surface area (Å²) >= 11 is 0. The lowest BCUT2D eigenvalue weighted by Gasteiger charge is -2.19. The minimum atomic E-state index is -0.0289. The summed E-state index contributed by atoms with van der Waals surface area (Å²) in [5.74, 6) is -0.00976. The van der Waals surface area contributed by atoms with E-state index in [0.717, 1.165) is 12.8 Å². The van der Waals surface area contributed by atoms with Gasteiger partial charge >= 0.3 is 0 Å². The molecule has 1 aliphatic carbocycles. The van der Waals surface area contributed by atoms with Crippen LogP contribution in [-0.4, -0.2) is 35.8 Å². The molecule has 0 aliphatic heterocycles. The second-order valence-corrected chi connectivity index (χ2v) is 6.22. The van der Waals surface area contributed by atoms with Gasteiger partial charge < -0.3 is 10.2 Å². The van der Waals surface area contributed by atoms with Crippen molar-refractivity contribution in [2.45, 2.75) is 58.4 Å². The van der Waals surface area contributed by atoms with E-state index in [9.17, 15) is 9.59 Å². The molecular weight excluding hydrogens is 288 g/mol. The van der Waals surface area contributed by atoms with Gasteiger partial charge in [-0.25, -0.2) is 0 Å². The maximum Gasteiger partial charge on any atom is 0.253 e. The monoisotopic (exact) mass is 316 g/mol. The molecule has 0 spiro atoms. The number of hydrogen-bond donors (Lipinski definition) is 1. The highest BCUT2D eigenvalue weighted by Crippen LogP contribution is 2.18. The average Bonchev–Trinajstić information content (AvgIpc) is 2.84. The second kappa shape index (κ2) is 8.70. The molecule has 2 rings (SSSR count). The fourth-order valence-electron chi connectivity index (χ4n) is 3.15. The van der Waals surface area contributed by atoms with E-state index in [1.165, 1.54) is 25.7 Å². The average molecular weight is 316 g/mol. The molecule has 0 saturated heterocycles. The van der Waals surface area contributed by atoms with Crippen LogP contribution in [0.5, 0.6) is 0 Å². The fraction of sp³-hybridized carbons (Fsp3) is 0.579. The zero-order chi connectivity index (χ0) is 16.7. The normalized spacial score (nSPS) is 15.7. The molecular formula is C19H28N2O2. The number of benzene rings is 1. The van der Waals surface area contributed by atoms with Crippen LogP contribution in [0.2, 0.25) is 0 Å². The van der Waals surface area contributed by atoms with Gasteiger partial charge in [0.1, 0.15) is 0 Å². The van der Waals surface area contributed by atoms with Crippen LogP contribution in [-0.2, 0) is 0 Å². The Labute approximate surface area is 139 Å². The Balaban J connectivity index is 1.98. The van der Waals surface area contributed by atoms with Gasteiger partial charge in [-0.1, -0.05) is 25.7 Å². The first-order valence-electron chi connectivity index (χ1n) is 8.86. The molecule has 126 valence electrons. The van der Waals surface area contributed by atoms with Crippen molar-refractivity contribution >= 4 is 11.8 Å². The molecule has 0 heterocycles. The molecule has 1 fully saturated rings. The third-order valence-corrected chi connectivity index (χ3v) is 4.64. The van der Waals surface area contributed by atoms with Crippen LogP contribution in [0, 0.1) is 0 Å². The maximum atomic E-state index is 12.3. The third-order valence-electron chi connectivity index (χ3n) is 4.64. The van der Waals surface area contributed by atoms with Crippen molar-refractivity contribution in [2.24, 2.45) is 0 Å². The molecule has 0 atom stereocenters. The van der Waals surface area contributed by atoms with E-state index in [1.807, 2.05) is 13.8 Å². The summed E-state index contributed by atoms with van der Waals surface area (Å²) in [6, 6.07) is 7.30. The summed E-state index contributed by atoms with van der Waals surface area (Å²) in [5, 5.41) is 3.13. The summed E-state index contributed by atoms with van der Waals surface area (Å²) in [6.07, 6.45) is 7.09. The predicted octanol–water partition coefficient (Wildman–Crippen LogP) is 3.62. The predicted molar refractivity (Wildman–Crippen MR) is 92.6 cm³/mol. The molecule has 1 N–H and O–H groups in total. The first-order chi connectivity index (χ1) is 11.2. The Kier molecular flexibility index (Phi) is 6.63.